The lowest BCUT2D eigenvalue weighted by atomic mass is 10.1. The number of rotatable bonds is 2. The Morgan fingerprint density at radius 1 is 1.07 bits per heavy atom. The van der Waals surface area contributed by atoms with E-state index < -0.39 is 11.2 Å². The van der Waals surface area contributed by atoms with Crippen LogP contribution in [0.4, 0.5) is 5.69 Å². The molecule has 30 heavy (non-hydrogen) atoms. The normalized spacial score (nSPS) is 15.9. The van der Waals surface area contributed by atoms with Crippen LogP contribution in [0.2, 0.25) is 0 Å². The van der Waals surface area contributed by atoms with Gasteiger partial charge >= 0.3 is 5.69 Å². The van der Waals surface area contributed by atoms with Crippen molar-refractivity contribution in [1.29, 1.82) is 0 Å². The maximum Gasteiger partial charge on any atom is 0.325 e. The maximum absolute atomic E-state index is 13.1. The minimum absolute atomic E-state index is 0.0398. The molecular formula is C21H27N5O4. The number of likely N-dealkylation sites (N-methyl/N-ethyl adjacent to an activating group) is 1. The molecule has 3 rings (SSSR count). The van der Waals surface area contributed by atoms with Crippen molar-refractivity contribution in [2.24, 2.45) is 0 Å². The summed E-state index contributed by atoms with van der Waals surface area (Å²) in [5, 5.41) is 0. The van der Waals surface area contributed by atoms with Crippen LogP contribution in [0.15, 0.2) is 40.1 Å². The third-order valence-electron chi connectivity index (χ3n) is 5.29. The number of aromatic nitrogens is 2. The van der Waals surface area contributed by atoms with Gasteiger partial charge in [-0.05, 0) is 31.6 Å². The number of fused-ring (bicyclic) bond motifs is 1. The molecule has 0 saturated carbocycles. The maximum atomic E-state index is 13.1. The third-order valence-corrected chi connectivity index (χ3v) is 5.29. The van der Waals surface area contributed by atoms with E-state index in [2.05, 4.69) is 14.9 Å². The second kappa shape index (κ2) is 9.53. The third kappa shape index (κ3) is 5.24. The first-order valence-electron chi connectivity index (χ1n) is 9.98. The summed E-state index contributed by atoms with van der Waals surface area (Å²) in [5.74, 6) is -0.258. The number of hydrogen-bond donors (Lipinski definition) is 2. The van der Waals surface area contributed by atoms with Crippen molar-refractivity contribution in [2.75, 3.05) is 38.1 Å². The number of nitrogens with zero attached hydrogens (tertiary/aromatic N) is 3. The van der Waals surface area contributed by atoms with Crippen LogP contribution in [-0.2, 0) is 22.6 Å². The Bertz CT molecular complexity index is 1030. The van der Waals surface area contributed by atoms with Crippen molar-refractivity contribution in [2.45, 2.75) is 26.3 Å². The molecule has 0 bridgehead atoms. The molecule has 1 aliphatic heterocycles. The molecule has 0 spiro atoms. The van der Waals surface area contributed by atoms with Gasteiger partial charge in [0.05, 0.1) is 6.42 Å². The van der Waals surface area contributed by atoms with Gasteiger partial charge in [0.25, 0.3) is 5.56 Å². The number of benzene rings is 1. The number of H-pyrrole nitrogens is 2. The lowest BCUT2D eigenvalue weighted by Gasteiger charge is -2.27. The van der Waals surface area contributed by atoms with Gasteiger partial charge in [0.15, 0.2) is 0 Å². The predicted octanol–water partition coefficient (Wildman–Crippen LogP) is 0.323. The fourth-order valence-corrected chi connectivity index (χ4v) is 3.60. The van der Waals surface area contributed by atoms with E-state index in [1.165, 1.54) is 6.20 Å². The Kier molecular flexibility index (Phi) is 6.83. The first-order chi connectivity index (χ1) is 14.3. The summed E-state index contributed by atoms with van der Waals surface area (Å²) in [7, 11) is 1.98. The van der Waals surface area contributed by atoms with Crippen LogP contribution in [0.25, 0.3) is 0 Å². The van der Waals surface area contributed by atoms with Gasteiger partial charge in [0, 0.05) is 50.6 Å². The fraction of sp³-hybridized carbons (Fsp3) is 0.429. The lowest BCUT2D eigenvalue weighted by molar-refractivity contribution is -0.131. The molecule has 0 saturated heterocycles. The SMILES string of the molecule is CC(=O)N1CCCN(C)CCN(C(=O)Cc2c[nH]c(=O)[nH]c2=O)Cc2ccccc21. The number of carbonyl (C=O) groups excluding carboxylic acids is 2. The van der Waals surface area contributed by atoms with Crippen LogP contribution in [0, 0.1) is 0 Å². The molecule has 1 aromatic carbocycles. The minimum atomic E-state index is -0.605. The second-order valence-corrected chi connectivity index (χ2v) is 7.55. The molecule has 0 radical (unpaired) electrons. The Morgan fingerprint density at radius 3 is 2.57 bits per heavy atom. The topological polar surface area (TPSA) is 110 Å². The molecule has 2 heterocycles. The highest BCUT2D eigenvalue weighted by atomic mass is 16.2. The van der Waals surface area contributed by atoms with E-state index in [4.69, 9.17) is 0 Å². The van der Waals surface area contributed by atoms with E-state index in [1.807, 2.05) is 31.3 Å². The number of anilines is 1. The average molecular weight is 413 g/mol. The Hall–Kier alpha value is -3.20. The van der Waals surface area contributed by atoms with Gasteiger partial charge in [-0.2, -0.15) is 0 Å². The van der Waals surface area contributed by atoms with Crippen molar-refractivity contribution in [3.63, 3.8) is 0 Å². The molecule has 2 aromatic rings. The van der Waals surface area contributed by atoms with Gasteiger partial charge in [-0.1, -0.05) is 18.2 Å². The monoisotopic (exact) mass is 413 g/mol. The summed E-state index contributed by atoms with van der Waals surface area (Å²) in [4.78, 5) is 58.7. The summed E-state index contributed by atoms with van der Waals surface area (Å²) in [6.45, 7) is 4.45. The first kappa shape index (κ1) is 21.5. The van der Waals surface area contributed by atoms with E-state index in [1.54, 1.807) is 16.7 Å². The molecule has 2 amide bonds. The van der Waals surface area contributed by atoms with E-state index in [9.17, 15) is 19.2 Å². The standard InChI is InChI=1S/C21H27N5O4/c1-15(27)26-9-5-8-24(2)10-11-25(14-16-6-3-4-7-18(16)26)19(28)12-17-13-22-21(30)23-20(17)29/h3-4,6-7,13H,5,8-12,14H2,1-2H3,(H2,22,23,29,30). The molecule has 2 N–H and O–H groups in total. The van der Waals surface area contributed by atoms with Gasteiger partial charge < -0.3 is 19.7 Å². The van der Waals surface area contributed by atoms with Gasteiger partial charge in [-0.3, -0.25) is 19.4 Å². The first-order valence-corrected chi connectivity index (χ1v) is 9.98. The summed E-state index contributed by atoms with van der Waals surface area (Å²) >= 11 is 0. The van der Waals surface area contributed by atoms with Gasteiger partial charge in [0.2, 0.25) is 11.8 Å². The van der Waals surface area contributed by atoms with Crippen molar-refractivity contribution in [1.82, 2.24) is 19.8 Å². The highest BCUT2D eigenvalue weighted by Crippen LogP contribution is 2.23. The number of aromatic amines is 2. The largest absolute Gasteiger partial charge is 0.337 e. The zero-order valence-electron chi connectivity index (χ0n) is 17.3. The quantitative estimate of drug-likeness (QED) is 0.737. The van der Waals surface area contributed by atoms with Gasteiger partial charge in [0.1, 0.15) is 0 Å². The molecule has 1 aliphatic rings. The Balaban J connectivity index is 1.91. The Labute approximate surface area is 174 Å². The summed E-state index contributed by atoms with van der Waals surface area (Å²) in [5.41, 5.74) is 0.715. The van der Waals surface area contributed by atoms with Crippen LogP contribution >= 0.6 is 0 Å². The molecule has 9 nitrogen and oxygen atoms in total. The zero-order chi connectivity index (χ0) is 21.7. The molecule has 1 aromatic heterocycles. The smallest absolute Gasteiger partial charge is 0.325 e. The van der Waals surface area contributed by atoms with Gasteiger partial charge in [-0.25, -0.2) is 4.79 Å². The minimum Gasteiger partial charge on any atom is -0.337 e. The number of para-hydroxylation sites is 1. The molecule has 0 unspecified atom stereocenters. The van der Waals surface area contributed by atoms with Crippen molar-refractivity contribution < 1.29 is 9.59 Å². The summed E-state index contributed by atoms with van der Waals surface area (Å²) in [6.07, 6.45) is 1.99. The molecule has 0 aliphatic carbocycles. The van der Waals surface area contributed by atoms with E-state index in [0.29, 0.717) is 26.2 Å². The van der Waals surface area contributed by atoms with Crippen molar-refractivity contribution in [3.8, 4) is 0 Å². The highest BCUT2D eigenvalue weighted by Gasteiger charge is 2.22. The fourth-order valence-electron chi connectivity index (χ4n) is 3.60. The second-order valence-electron chi connectivity index (χ2n) is 7.55. The van der Waals surface area contributed by atoms with Crippen LogP contribution < -0.4 is 16.1 Å². The lowest BCUT2D eigenvalue weighted by Crippen LogP contribution is -2.39. The molecule has 0 atom stereocenters. The molecule has 0 fully saturated rings. The number of amides is 2. The predicted molar refractivity (Wildman–Crippen MR) is 113 cm³/mol. The highest BCUT2D eigenvalue weighted by molar-refractivity contribution is 5.92. The van der Waals surface area contributed by atoms with Crippen LogP contribution in [-0.4, -0.2) is 64.8 Å². The van der Waals surface area contributed by atoms with E-state index >= 15 is 0 Å². The van der Waals surface area contributed by atoms with E-state index in [0.717, 1.165) is 24.2 Å². The van der Waals surface area contributed by atoms with Gasteiger partial charge in [-0.15, -0.1) is 0 Å². The molecular weight excluding hydrogens is 386 g/mol. The van der Waals surface area contributed by atoms with Crippen LogP contribution in [0.3, 0.4) is 0 Å². The zero-order valence-corrected chi connectivity index (χ0v) is 17.3. The van der Waals surface area contributed by atoms with Crippen molar-refractivity contribution in [3.05, 3.63) is 62.4 Å². The van der Waals surface area contributed by atoms with Crippen molar-refractivity contribution >= 4 is 17.5 Å². The molecule has 160 valence electrons. The number of carbonyl (C=O) groups is 2. The number of nitrogens with one attached hydrogen (secondary N) is 2. The molecule has 9 heteroatoms. The summed E-state index contributed by atoms with van der Waals surface area (Å²) in [6, 6.07) is 7.58. The van der Waals surface area contributed by atoms with Crippen LogP contribution in [0.1, 0.15) is 24.5 Å². The summed E-state index contributed by atoms with van der Waals surface area (Å²) < 4.78 is 0. The Morgan fingerprint density at radius 2 is 1.83 bits per heavy atom. The number of hydrogen-bond acceptors (Lipinski definition) is 5. The van der Waals surface area contributed by atoms with Crippen LogP contribution in [0.5, 0.6) is 0 Å². The average Bonchev–Trinajstić information content (AvgIpc) is 2.73. The van der Waals surface area contributed by atoms with E-state index in [-0.39, 0.29) is 23.8 Å².